The minimum absolute atomic E-state index is 0.266. The van der Waals surface area contributed by atoms with Crippen LogP contribution in [-0.2, 0) is 16.1 Å². The SMILES string of the molecule is Cc1ccsc1/C=N\NC(=O)C(=O)NCc1ccncc1. The molecule has 6 nitrogen and oxygen atoms in total. The molecule has 0 spiro atoms. The van der Waals surface area contributed by atoms with E-state index in [-0.39, 0.29) is 6.54 Å². The predicted octanol–water partition coefficient (Wildman–Crippen LogP) is 1.22. The first-order valence-corrected chi connectivity index (χ1v) is 7.09. The van der Waals surface area contributed by atoms with Crippen LogP contribution < -0.4 is 10.7 Å². The summed E-state index contributed by atoms with van der Waals surface area (Å²) in [6, 6.07) is 5.47. The Kier molecular flexibility index (Phi) is 5.16. The number of aryl methyl sites for hydroxylation is 1. The number of carbonyl (C=O) groups excluding carboxylic acids is 2. The quantitative estimate of drug-likeness (QED) is 0.506. The average Bonchev–Trinajstić information content (AvgIpc) is 2.91. The van der Waals surface area contributed by atoms with Gasteiger partial charge >= 0.3 is 11.8 Å². The minimum atomic E-state index is -0.797. The number of nitrogens with zero attached hydrogens (tertiary/aromatic N) is 2. The number of pyridine rings is 1. The molecule has 21 heavy (non-hydrogen) atoms. The summed E-state index contributed by atoms with van der Waals surface area (Å²) in [5, 5.41) is 8.20. The predicted molar refractivity (Wildman–Crippen MR) is 80.9 cm³/mol. The van der Waals surface area contributed by atoms with E-state index >= 15 is 0 Å². The van der Waals surface area contributed by atoms with E-state index < -0.39 is 11.8 Å². The second kappa shape index (κ2) is 7.30. The highest BCUT2D eigenvalue weighted by atomic mass is 32.1. The summed E-state index contributed by atoms with van der Waals surface area (Å²) < 4.78 is 0. The number of hydrogen-bond donors (Lipinski definition) is 2. The van der Waals surface area contributed by atoms with Gasteiger partial charge in [0.25, 0.3) is 0 Å². The zero-order valence-corrected chi connectivity index (χ0v) is 12.2. The minimum Gasteiger partial charge on any atom is -0.344 e. The van der Waals surface area contributed by atoms with Crippen LogP contribution in [0.3, 0.4) is 0 Å². The maximum Gasteiger partial charge on any atom is 0.329 e. The van der Waals surface area contributed by atoms with Gasteiger partial charge < -0.3 is 5.32 Å². The molecule has 2 aromatic heterocycles. The summed E-state index contributed by atoms with van der Waals surface area (Å²) in [7, 11) is 0. The van der Waals surface area contributed by atoms with Gasteiger partial charge in [-0.1, -0.05) is 0 Å². The third-order valence-corrected chi connectivity index (χ3v) is 3.61. The van der Waals surface area contributed by atoms with Crippen LogP contribution in [0.2, 0.25) is 0 Å². The lowest BCUT2D eigenvalue weighted by Crippen LogP contribution is -2.37. The highest BCUT2D eigenvalue weighted by Crippen LogP contribution is 2.12. The van der Waals surface area contributed by atoms with E-state index in [0.717, 1.165) is 16.0 Å². The Bertz CT molecular complexity index is 652. The number of carbonyl (C=O) groups is 2. The van der Waals surface area contributed by atoms with Gasteiger partial charge in [-0.25, -0.2) is 5.43 Å². The fraction of sp³-hybridized carbons (Fsp3) is 0.143. The fourth-order valence-electron chi connectivity index (χ4n) is 1.48. The summed E-state index contributed by atoms with van der Waals surface area (Å²) >= 11 is 1.51. The molecule has 0 fully saturated rings. The van der Waals surface area contributed by atoms with Crippen molar-refractivity contribution in [2.24, 2.45) is 5.10 Å². The van der Waals surface area contributed by atoms with Gasteiger partial charge in [0.1, 0.15) is 0 Å². The number of hydrogen-bond acceptors (Lipinski definition) is 5. The highest BCUT2D eigenvalue weighted by Gasteiger charge is 2.11. The number of thiophene rings is 1. The molecular formula is C14H14N4O2S. The summed E-state index contributed by atoms with van der Waals surface area (Å²) in [5.41, 5.74) is 4.13. The van der Waals surface area contributed by atoms with Crippen LogP contribution in [0, 0.1) is 6.92 Å². The Labute approximate surface area is 125 Å². The van der Waals surface area contributed by atoms with Crippen molar-refractivity contribution in [1.82, 2.24) is 15.7 Å². The van der Waals surface area contributed by atoms with E-state index in [1.54, 1.807) is 24.5 Å². The molecule has 0 aliphatic heterocycles. The number of rotatable bonds is 4. The van der Waals surface area contributed by atoms with Crippen molar-refractivity contribution in [2.75, 3.05) is 0 Å². The molecule has 0 bridgehead atoms. The summed E-state index contributed by atoms with van der Waals surface area (Å²) in [6.07, 6.45) is 4.76. The first-order valence-electron chi connectivity index (χ1n) is 6.21. The molecule has 0 saturated carbocycles. The van der Waals surface area contributed by atoms with Gasteiger partial charge in [0, 0.05) is 23.8 Å². The molecule has 2 aromatic rings. The largest absolute Gasteiger partial charge is 0.344 e. The van der Waals surface area contributed by atoms with Crippen molar-refractivity contribution in [3.05, 3.63) is 52.0 Å². The normalized spacial score (nSPS) is 10.5. The lowest BCUT2D eigenvalue weighted by Gasteiger charge is -2.03. The highest BCUT2D eigenvalue weighted by molar-refractivity contribution is 7.11. The zero-order chi connectivity index (χ0) is 15.1. The van der Waals surface area contributed by atoms with E-state index in [1.807, 2.05) is 18.4 Å². The molecule has 0 aliphatic carbocycles. The third-order valence-electron chi connectivity index (χ3n) is 2.66. The van der Waals surface area contributed by atoms with E-state index in [0.29, 0.717) is 0 Å². The van der Waals surface area contributed by atoms with Gasteiger partial charge in [0.15, 0.2) is 0 Å². The molecule has 2 heterocycles. The molecule has 0 radical (unpaired) electrons. The molecule has 2 N–H and O–H groups in total. The molecule has 0 aliphatic rings. The fourth-order valence-corrected chi connectivity index (χ4v) is 2.27. The Hall–Kier alpha value is -2.54. The zero-order valence-electron chi connectivity index (χ0n) is 11.4. The molecule has 108 valence electrons. The van der Waals surface area contributed by atoms with Crippen molar-refractivity contribution >= 4 is 29.4 Å². The van der Waals surface area contributed by atoms with E-state index in [4.69, 9.17) is 0 Å². The molecular weight excluding hydrogens is 288 g/mol. The Morgan fingerprint density at radius 1 is 1.29 bits per heavy atom. The van der Waals surface area contributed by atoms with Crippen molar-refractivity contribution < 1.29 is 9.59 Å². The third kappa shape index (κ3) is 4.50. The molecule has 0 atom stereocenters. The molecule has 0 aromatic carbocycles. The first-order chi connectivity index (χ1) is 10.2. The van der Waals surface area contributed by atoms with Gasteiger partial charge in [0.2, 0.25) is 0 Å². The number of hydrazone groups is 1. The maximum atomic E-state index is 11.6. The molecule has 0 unspecified atom stereocenters. The van der Waals surface area contributed by atoms with Crippen molar-refractivity contribution in [3.8, 4) is 0 Å². The van der Waals surface area contributed by atoms with E-state index in [2.05, 4.69) is 20.8 Å². The molecule has 2 rings (SSSR count). The van der Waals surface area contributed by atoms with Crippen LogP contribution in [0.5, 0.6) is 0 Å². The summed E-state index contributed by atoms with van der Waals surface area (Å²) in [4.78, 5) is 27.9. The number of amides is 2. The Balaban J connectivity index is 1.79. The topological polar surface area (TPSA) is 83.5 Å². The standard InChI is InChI=1S/C14H14N4O2S/c1-10-4-7-21-12(10)9-17-18-14(20)13(19)16-8-11-2-5-15-6-3-11/h2-7,9H,8H2,1H3,(H,16,19)(H,18,20)/b17-9-. The lowest BCUT2D eigenvalue weighted by atomic mass is 10.3. The Morgan fingerprint density at radius 3 is 2.71 bits per heavy atom. The lowest BCUT2D eigenvalue weighted by molar-refractivity contribution is -0.139. The molecule has 2 amide bonds. The van der Waals surface area contributed by atoms with Crippen LogP contribution in [-0.4, -0.2) is 23.0 Å². The number of nitrogens with one attached hydrogen (secondary N) is 2. The maximum absolute atomic E-state index is 11.6. The molecule has 0 saturated heterocycles. The van der Waals surface area contributed by atoms with Gasteiger partial charge in [-0.2, -0.15) is 5.10 Å². The summed E-state index contributed by atoms with van der Waals surface area (Å²) in [5.74, 6) is -1.53. The second-order valence-electron chi connectivity index (χ2n) is 4.21. The first kappa shape index (κ1) is 14.9. The van der Waals surface area contributed by atoms with E-state index in [9.17, 15) is 9.59 Å². The van der Waals surface area contributed by atoms with Gasteiger partial charge in [-0.05, 0) is 41.6 Å². The van der Waals surface area contributed by atoms with Gasteiger partial charge in [0.05, 0.1) is 6.21 Å². The van der Waals surface area contributed by atoms with Crippen LogP contribution >= 0.6 is 11.3 Å². The number of aromatic nitrogens is 1. The van der Waals surface area contributed by atoms with Crippen molar-refractivity contribution in [1.29, 1.82) is 0 Å². The van der Waals surface area contributed by atoms with Gasteiger partial charge in [-0.15, -0.1) is 11.3 Å². The monoisotopic (exact) mass is 302 g/mol. The molecule has 7 heteroatoms. The van der Waals surface area contributed by atoms with Crippen LogP contribution in [0.1, 0.15) is 16.0 Å². The second-order valence-corrected chi connectivity index (χ2v) is 5.15. The van der Waals surface area contributed by atoms with Crippen LogP contribution in [0.15, 0.2) is 41.1 Å². The van der Waals surface area contributed by atoms with Crippen LogP contribution in [0.4, 0.5) is 0 Å². The summed E-state index contributed by atoms with van der Waals surface area (Å²) in [6.45, 7) is 2.21. The smallest absolute Gasteiger partial charge is 0.329 e. The van der Waals surface area contributed by atoms with Gasteiger partial charge in [-0.3, -0.25) is 14.6 Å². The Morgan fingerprint density at radius 2 is 2.05 bits per heavy atom. The van der Waals surface area contributed by atoms with Crippen molar-refractivity contribution in [3.63, 3.8) is 0 Å². The van der Waals surface area contributed by atoms with Crippen molar-refractivity contribution in [2.45, 2.75) is 13.5 Å². The van der Waals surface area contributed by atoms with E-state index in [1.165, 1.54) is 17.6 Å². The van der Waals surface area contributed by atoms with Crippen LogP contribution in [0.25, 0.3) is 0 Å². The average molecular weight is 302 g/mol.